The highest BCUT2D eigenvalue weighted by Gasteiger charge is 2.23. The summed E-state index contributed by atoms with van der Waals surface area (Å²) >= 11 is 0. The molecule has 7 nitrogen and oxygen atoms in total. The molecule has 0 amide bonds. The van der Waals surface area contributed by atoms with Gasteiger partial charge in [0.1, 0.15) is 6.33 Å². The Morgan fingerprint density at radius 1 is 1.18 bits per heavy atom. The molecule has 0 fully saturated rings. The summed E-state index contributed by atoms with van der Waals surface area (Å²) in [7, 11) is 0. The Morgan fingerprint density at radius 3 is 2.59 bits per heavy atom. The van der Waals surface area contributed by atoms with E-state index in [1.807, 2.05) is 38.1 Å². The van der Waals surface area contributed by atoms with Crippen molar-refractivity contribution in [1.82, 2.24) is 9.97 Å². The van der Waals surface area contributed by atoms with Crippen LogP contribution in [0.5, 0.6) is 0 Å². The van der Waals surface area contributed by atoms with Crippen molar-refractivity contribution in [2.45, 2.75) is 26.7 Å². The van der Waals surface area contributed by atoms with Crippen LogP contribution in [0, 0.1) is 10.1 Å². The molecule has 116 valence electrons. The molecule has 1 heterocycles. The summed E-state index contributed by atoms with van der Waals surface area (Å²) in [4.78, 5) is 18.9. The molecule has 0 atom stereocenters. The van der Waals surface area contributed by atoms with Crippen molar-refractivity contribution in [2.24, 2.45) is 0 Å². The molecule has 0 saturated heterocycles. The first-order valence-corrected chi connectivity index (χ1v) is 7.25. The fourth-order valence-corrected chi connectivity index (χ4v) is 2.09. The molecule has 7 heteroatoms. The average Bonchev–Trinajstić information content (AvgIpc) is 2.53. The van der Waals surface area contributed by atoms with Gasteiger partial charge in [0.2, 0.25) is 11.6 Å². The summed E-state index contributed by atoms with van der Waals surface area (Å²) in [6, 6.07) is 7.67. The molecule has 0 unspecified atom stereocenters. The van der Waals surface area contributed by atoms with Gasteiger partial charge >= 0.3 is 5.69 Å². The molecule has 0 saturated carbocycles. The van der Waals surface area contributed by atoms with Crippen LogP contribution in [0.1, 0.15) is 25.8 Å². The van der Waals surface area contributed by atoms with E-state index in [2.05, 4.69) is 20.6 Å². The highest BCUT2D eigenvalue weighted by atomic mass is 16.6. The van der Waals surface area contributed by atoms with Gasteiger partial charge in [0.15, 0.2) is 0 Å². The number of anilines is 3. The highest BCUT2D eigenvalue weighted by Crippen LogP contribution is 2.32. The summed E-state index contributed by atoms with van der Waals surface area (Å²) in [6.07, 6.45) is 2.99. The first kappa shape index (κ1) is 15.7. The van der Waals surface area contributed by atoms with Crippen molar-refractivity contribution >= 4 is 23.0 Å². The number of para-hydroxylation sites is 1. The fraction of sp³-hybridized carbons (Fsp3) is 0.333. The molecule has 22 heavy (non-hydrogen) atoms. The van der Waals surface area contributed by atoms with Crippen molar-refractivity contribution in [3.8, 4) is 0 Å². The van der Waals surface area contributed by atoms with Crippen LogP contribution >= 0.6 is 0 Å². The maximum Gasteiger partial charge on any atom is 0.353 e. The molecule has 2 aromatic rings. The third-order valence-corrected chi connectivity index (χ3v) is 3.20. The first-order chi connectivity index (χ1) is 10.7. The summed E-state index contributed by atoms with van der Waals surface area (Å²) in [5.74, 6) is 0.429. The molecular formula is C15H19N5O2. The number of aromatic nitrogens is 2. The summed E-state index contributed by atoms with van der Waals surface area (Å²) in [5.41, 5.74) is 1.74. The van der Waals surface area contributed by atoms with E-state index in [0.717, 1.165) is 24.1 Å². The predicted octanol–water partition coefficient (Wildman–Crippen LogP) is 3.51. The Bertz CT molecular complexity index is 660. The van der Waals surface area contributed by atoms with E-state index in [1.165, 1.54) is 6.33 Å². The predicted molar refractivity (Wildman–Crippen MR) is 86.6 cm³/mol. The van der Waals surface area contributed by atoms with E-state index in [-0.39, 0.29) is 17.3 Å². The lowest BCUT2D eigenvalue weighted by atomic mass is 10.1. The third-order valence-electron chi connectivity index (χ3n) is 3.20. The van der Waals surface area contributed by atoms with Gasteiger partial charge in [0.05, 0.1) is 4.92 Å². The van der Waals surface area contributed by atoms with Crippen molar-refractivity contribution in [2.75, 3.05) is 17.2 Å². The average molecular weight is 301 g/mol. The monoisotopic (exact) mass is 301 g/mol. The molecule has 2 N–H and O–H groups in total. The lowest BCUT2D eigenvalue weighted by Gasteiger charge is -2.12. The second-order valence-electron chi connectivity index (χ2n) is 4.74. The third kappa shape index (κ3) is 3.49. The molecule has 2 rings (SSSR count). The minimum absolute atomic E-state index is 0.137. The van der Waals surface area contributed by atoms with E-state index >= 15 is 0 Å². The standard InChI is InChI=1S/C15H19N5O2/c1-3-9-16-14-13(20(21)22)15(18-10-17-14)19-12-8-6-5-7-11(12)4-2/h5-8,10H,3-4,9H2,1-2H3,(H2,16,17,18,19). The molecule has 0 spiro atoms. The van der Waals surface area contributed by atoms with E-state index in [0.29, 0.717) is 6.54 Å². The second kappa shape index (κ2) is 7.35. The van der Waals surface area contributed by atoms with Crippen molar-refractivity contribution in [3.63, 3.8) is 0 Å². The van der Waals surface area contributed by atoms with Crippen molar-refractivity contribution < 1.29 is 4.92 Å². The number of aryl methyl sites for hydroxylation is 1. The van der Waals surface area contributed by atoms with Gasteiger partial charge in [0, 0.05) is 12.2 Å². The van der Waals surface area contributed by atoms with Crippen LogP contribution in [-0.2, 0) is 6.42 Å². The van der Waals surface area contributed by atoms with Crippen molar-refractivity contribution in [1.29, 1.82) is 0 Å². The van der Waals surface area contributed by atoms with Gasteiger partial charge < -0.3 is 10.6 Å². The highest BCUT2D eigenvalue weighted by molar-refractivity contribution is 5.74. The molecule has 0 aliphatic heterocycles. The molecule has 1 aromatic heterocycles. The van der Waals surface area contributed by atoms with Crippen LogP contribution in [0.4, 0.5) is 23.0 Å². The molecule has 0 radical (unpaired) electrons. The normalized spacial score (nSPS) is 10.3. The quantitative estimate of drug-likeness (QED) is 0.600. The number of nitro groups is 1. The van der Waals surface area contributed by atoms with Crippen LogP contribution in [-0.4, -0.2) is 21.4 Å². The van der Waals surface area contributed by atoms with Gasteiger partial charge in [-0.1, -0.05) is 32.0 Å². The van der Waals surface area contributed by atoms with Crippen molar-refractivity contribution in [3.05, 3.63) is 46.3 Å². The van der Waals surface area contributed by atoms with Gasteiger partial charge in [-0.15, -0.1) is 0 Å². The molecule has 0 bridgehead atoms. The lowest BCUT2D eigenvalue weighted by Crippen LogP contribution is -2.09. The maximum atomic E-state index is 11.4. The largest absolute Gasteiger partial charge is 0.364 e. The Hall–Kier alpha value is -2.70. The maximum absolute atomic E-state index is 11.4. The number of benzene rings is 1. The van der Waals surface area contributed by atoms with E-state index < -0.39 is 4.92 Å². The second-order valence-corrected chi connectivity index (χ2v) is 4.74. The van der Waals surface area contributed by atoms with Crippen LogP contribution in [0.25, 0.3) is 0 Å². The van der Waals surface area contributed by atoms with E-state index in [9.17, 15) is 10.1 Å². The Labute approximate surface area is 129 Å². The van der Waals surface area contributed by atoms with Crippen LogP contribution in [0.2, 0.25) is 0 Å². The molecule has 0 aliphatic carbocycles. The van der Waals surface area contributed by atoms with Crippen LogP contribution < -0.4 is 10.6 Å². The zero-order valence-electron chi connectivity index (χ0n) is 12.7. The van der Waals surface area contributed by atoms with Gasteiger partial charge in [-0.2, -0.15) is 0 Å². The Kier molecular flexibility index (Phi) is 5.24. The molecule has 0 aliphatic rings. The number of hydrogen-bond donors (Lipinski definition) is 2. The number of nitrogens with zero attached hydrogens (tertiary/aromatic N) is 3. The smallest absolute Gasteiger partial charge is 0.353 e. The minimum atomic E-state index is -0.463. The number of nitrogens with one attached hydrogen (secondary N) is 2. The SMILES string of the molecule is CCCNc1ncnc(Nc2ccccc2CC)c1[N+](=O)[O-]. The Balaban J connectivity index is 2.40. The van der Waals surface area contributed by atoms with Crippen LogP contribution in [0.3, 0.4) is 0 Å². The summed E-state index contributed by atoms with van der Waals surface area (Å²) < 4.78 is 0. The topological polar surface area (TPSA) is 93.0 Å². The zero-order valence-corrected chi connectivity index (χ0v) is 12.7. The van der Waals surface area contributed by atoms with Crippen LogP contribution in [0.15, 0.2) is 30.6 Å². The summed E-state index contributed by atoms with van der Waals surface area (Å²) in [5, 5.41) is 17.4. The van der Waals surface area contributed by atoms with E-state index in [4.69, 9.17) is 0 Å². The number of hydrogen-bond acceptors (Lipinski definition) is 6. The zero-order chi connectivity index (χ0) is 15.9. The molecular weight excluding hydrogens is 282 g/mol. The first-order valence-electron chi connectivity index (χ1n) is 7.25. The van der Waals surface area contributed by atoms with E-state index in [1.54, 1.807) is 0 Å². The lowest BCUT2D eigenvalue weighted by molar-refractivity contribution is -0.383. The van der Waals surface area contributed by atoms with Gasteiger partial charge in [-0.25, -0.2) is 9.97 Å². The Morgan fingerprint density at radius 2 is 1.91 bits per heavy atom. The fourth-order valence-electron chi connectivity index (χ4n) is 2.09. The van der Waals surface area contributed by atoms with Gasteiger partial charge in [-0.05, 0) is 24.5 Å². The van der Waals surface area contributed by atoms with Gasteiger partial charge in [0.25, 0.3) is 0 Å². The minimum Gasteiger partial charge on any atom is -0.364 e. The number of rotatable bonds is 7. The molecule has 1 aromatic carbocycles. The summed E-state index contributed by atoms with van der Waals surface area (Å²) in [6.45, 7) is 4.63. The van der Waals surface area contributed by atoms with Gasteiger partial charge in [-0.3, -0.25) is 10.1 Å².